The van der Waals surface area contributed by atoms with E-state index in [9.17, 15) is 4.79 Å². The molecule has 22 heavy (non-hydrogen) atoms. The van der Waals surface area contributed by atoms with Crippen molar-refractivity contribution in [1.29, 1.82) is 0 Å². The average molecular weight is 303 g/mol. The SMILES string of the molecule is CCCCCOc1ccc(C(=O)NC2CCCCCC2)cc1. The van der Waals surface area contributed by atoms with E-state index in [2.05, 4.69) is 12.2 Å². The summed E-state index contributed by atoms with van der Waals surface area (Å²) in [5.74, 6) is 0.895. The lowest BCUT2D eigenvalue weighted by molar-refractivity contribution is 0.0933. The van der Waals surface area contributed by atoms with Crippen LogP contribution in [0.3, 0.4) is 0 Å². The summed E-state index contributed by atoms with van der Waals surface area (Å²) in [5.41, 5.74) is 0.727. The van der Waals surface area contributed by atoms with Gasteiger partial charge in [-0.25, -0.2) is 0 Å². The molecule has 0 unspecified atom stereocenters. The molecule has 1 aliphatic carbocycles. The first-order chi connectivity index (χ1) is 10.8. The van der Waals surface area contributed by atoms with Gasteiger partial charge in [-0.05, 0) is 43.5 Å². The molecule has 0 heterocycles. The number of amides is 1. The van der Waals surface area contributed by atoms with Gasteiger partial charge in [0.05, 0.1) is 6.61 Å². The van der Waals surface area contributed by atoms with Gasteiger partial charge in [-0.15, -0.1) is 0 Å². The summed E-state index contributed by atoms with van der Waals surface area (Å²) in [6.45, 7) is 2.93. The third-order valence-corrected chi connectivity index (χ3v) is 4.32. The largest absolute Gasteiger partial charge is 0.494 e. The van der Waals surface area contributed by atoms with Crippen LogP contribution in [0, 0.1) is 0 Å². The van der Waals surface area contributed by atoms with Crippen molar-refractivity contribution in [2.24, 2.45) is 0 Å². The molecule has 0 bridgehead atoms. The minimum absolute atomic E-state index is 0.0458. The highest BCUT2D eigenvalue weighted by molar-refractivity contribution is 5.94. The van der Waals surface area contributed by atoms with Crippen LogP contribution < -0.4 is 10.1 Å². The van der Waals surface area contributed by atoms with E-state index in [1.165, 1.54) is 38.5 Å². The lowest BCUT2D eigenvalue weighted by Gasteiger charge is -2.16. The van der Waals surface area contributed by atoms with E-state index < -0.39 is 0 Å². The molecule has 3 heteroatoms. The normalized spacial score (nSPS) is 16.0. The second-order valence-corrected chi connectivity index (χ2v) is 6.24. The summed E-state index contributed by atoms with van der Waals surface area (Å²) in [6.07, 6.45) is 10.8. The fourth-order valence-corrected chi connectivity index (χ4v) is 2.94. The van der Waals surface area contributed by atoms with Crippen LogP contribution in [0.1, 0.15) is 75.1 Å². The zero-order valence-corrected chi connectivity index (χ0v) is 13.8. The molecule has 1 fully saturated rings. The molecule has 0 spiro atoms. The summed E-state index contributed by atoms with van der Waals surface area (Å²) >= 11 is 0. The van der Waals surface area contributed by atoms with Crippen LogP contribution >= 0.6 is 0 Å². The van der Waals surface area contributed by atoms with Crippen LogP contribution in [0.4, 0.5) is 0 Å². The van der Waals surface area contributed by atoms with Crippen molar-refractivity contribution in [3.05, 3.63) is 29.8 Å². The predicted molar refractivity (Wildman–Crippen MR) is 90.4 cm³/mol. The smallest absolute Gasteiger partial charge is 0.251 e. The van der Waals surface area contributed by atoms with Gasteiger partial charge in [0.1, 0.15) is 5.75 Å². The number of ether oxygens (including phenoxy) is 1. The fraction of sp³-hybridized carbons (Fsp3) is 0.632. The van der Waals surface area contributed by atoms with Gasteiger partial charge in [0.25, 0.3) is 5.91 Å². The molecule has 0 radical (unpaired) electrons. The molecule has 1 aliphatic rings. The quantitative estimate of drug-likeness (QED) is 0.585. The molecule has 2 rings (SSSR count). The molecule has 1 aromatic rings. The first kappa shape index (κ1) is 16.9. The molecule has 1 amide bonds. The van der Waals surface area contributed by atoms with Crippen LogP contribution in [-0.2, 0) is 0 Å². The summed E-state index contributed by atoms with van der Waals surface area (Å²) in [5, 5.41) is 3.17. The summed E-state index contributed by atoms with van der Waals surface area (Å²) in [6, 6.07) is 7.87. The maximum Gasteiger partial charge on any atom is 0.251 e. The lowest BCUT2D eigenvalue weighted by Crippen LogP contribution is -2.34. The predicted octanol–water partition coefficient (Wildman–Crippen LogP) is 4.71. The number of carbonyl (C=O) groups is 1. The maximum absolute atomic E-state index is 12.3. The van der Waals surface area contributed by atoms with Crippen molar-refractivity contribution in [3.8, 4) is 5.75 Å². The first-order valence-electron chi connectivity index (χ1n) is 8.83. The number of hydrogen-bond donors (Lipinski definition) is 1. The third kappa shape index (κ3) is 5.70. The van der Waals surface area contributed by atoms with Crippen molar-refractivity contribution >= 4 is 5.91 Å². The van der Waals surface area contributed by atoms with Crippen LogP contribution in [0.2, 0.25) is 0 Å². The number of nitrogens with one attached hydrogen (secondary N) is 1. The maximum atomic E-state index is 12.3. The number of carbonyl (C=O) groups excluding carboxylic acids is 1. The number of rotatable bonds is 7. The van der Waals surface area contributed by atoms with Gasteiger partial charge in [-0.3, -0.25) is 4.79 Å². The molecular weight excluding hydrogens is 274 g/mol. The van der Waals surface area contributed by atoms with Crippen molar-refractivity contribution in [2.45, 2.75) is 70.8 Å². The summed E-state index contributed by atoms with van der Waals surface area (Å²) < 4.78 is 5.68. The van der Waals surface area contributed by atoms with E-state index in [4.69, 9.17) is 4.74 Å². The fourth-order valence-electron chi connectivity index (χ4n) is 2.94. The molecule has 1 N–H and O–H groups in total. The Morgan fingerprint density at radius 1 is 1.09 bits per heavy atom. The van der Waals surface area contributed by atoms with Gasteiger partial charge >= 0.3 is 0 Å². The van der Waals surface area contributed by atoms with E-state index in [0.29, 0.717) is 6.04 Å². The van der Waals surface area contributed by atoms with Gasteiger partial charge in [-0.1, -0.05) is 45.4 Å². The number of unbranched alkanes of at least 4 members (excludes halogenated alkanes) is 2. The highest BCUT2D eigenvalue weighted by Gasteiger charge is 2.15. The van der Waals surface area contributed by atoms with Gasteiger partial charge in [0.2, 0.25) is 0 Å². The molecule has 122 valence electrons. The molecule has 0 atom stereocenters. The Bertz CT molecular complexity index is 433. The minimum atomic E-state index is 0.0458. The topological polar surface area (TPSA) is 38.3 Å². The number of benzene rings is 1. The summed E-state index contributed by atoms with van der Waals surface area (Å²) in [7, 11) is 0. The van der Waals surface area contributed by atoms with Gasteiger partial charge in [-0.2, -0.15) is 0 Å². The molecule has 0 aliphatic heterocycles. The van der Waals surface area contributed by atoms with E-state index in [0.717, 1.165) is 37.2 Å². The first-order valence-corrected chi connectivity index (χ1v) is 8.83. The van der Waals surface area contributed by atoms with E-state index in [1.807, 2.05) is 24.3 Å². The standard InChI is InChI=1S/C19H29NO2/c1-2-3-8-15-22-18-13-11-16(12-14-18)19(21)20-17-9-6-4-5-7-10-17/h11-14,17H,2-10,15H2,1H3,(H,20,21). The Labute approximate surface area is 134 Å². The average Bonchev–Trinajstić information content (AvgIpc) is 2.81. The Balaban J connectivity index is 1.79. The zero-order valence-electron chi connectivity index (χ0n) is 13.8. The van der Waals surface area contributed by atoms with E-state index in [1.54, 1.807) is 0 Å². The van der Waals surface area contributed by atoms with Gasteiger partial charge in [0, 0.05) is 11.6 Å². The van der Waals surface area contributed by atoms with Crippen LogP contribution in [0.15, 0.2) is 24.3 Å². The lowest BCUT2D eigenvalue weighted by atomic mass is 10.1. The Morgan fingerprint density at radius 3 is 2.41 bits per heavy atom. The van der Waals surface area contributed by atoms with Crippen molar-refractivity contribution in [1.82, 2.24) is 5.32 Å². The second kappa shape index (κ2) is 9.50. The zero-order chi connectivity index (χ0) is 15.6. The molecular formula is C19H29NO2. The number of hydrogen-bond acceptors (Lipinski definition) is 2. The van der Waals surface area contributed by atoms with Crippen molar-refractivity contribution < 1.29 is 9.53 Å². The van der Waals surface area contributed by atoms with Crippen molar-refractivity contribution in [2.75, 3.05) is 6.61 Å². The van der Waals surface area contributed by atoms with Crippen molar-refractivity contribution in [3.63, 3.8) is 0 Å². The van der Waals surface area contributed by atoms with Gasteiger partial charge in [0.15, 0.2) is 0 Å². The highest BCUT2D eigenvalue weighted by atomic mass is 16.5. The second-order valence-electron chi connectivity index (χ2n) is 6.24. The molecule has 0 saturated heterocycles. The van der Waals surface area contributed by atoms with Gasteiger partial charge < -0.3 is 10.1 Å². The monoisotopic (exact) mass is 303 g/mol. The molecule has 3 nitrogen and oxygen atoms in total. The van der Waals surface area contributed by atoms with Crippen LogP contribution in [0.5, 0.6) is 5.75 Å². The Hall–Kier alpha value is -1.51. The molecule has 1 saturated carbocycles. The minimum Gasteiger partial charge on any atom is -0.494 e. The van der Waals surface area contributed by atoms with E-state index >= 15 is 0 Å². The molecule has 0 aromatic heterocycles. The Kier molecular flexibility index (Phi) is 7.27. The van der Waals surface area contributed by atoms with E-state index in [-0.39, 0.29) is 5.91 Å². The highest BCUT2D eigenvalue weighted by Crippen LogP contribution is 2.18. The Morgan fingerprint density at radius 2 is 1.77 bits per heavy atom. The van der Waals surface area contributed by atoms with Crippen LogP contribution in [-0.4, -0.2) is 18.6 Å². The summed E-state index contributed by atoms with van der Waals surface area (Å²) in [4.78, 5) is 12.3. The third-order valence-electron chi connectivity index (χ3n) is 4.32. The molecule has 1 aromatic carbocycles. The van der Waals surface area contributed by atoms with Crippen LogP contribution in [0.25, 0.3) is 0 Å².